The Hall–Kier alpha value is -4.11. The average Bonchev–Trinajstić information content (AvgIpc) is 3.79. The minimum absolute atomic E-state index is 0.232. The Balaban J connectivity index is 1.43. The van der Waals surface area contributed by atoms with Gasteiger partial charge in [0.25, 0.3) is 0 Å². The van der Waals surface area contributed by atoms with Gasteiger partial charge in [-0.2, -0.15) is 22.7 Å². The van der Waals surface area contributed by atoms with Gasteiger partial charge in [-0.1, -0.05) is 131 Å². The Labute approximate surface area is 294 Å². The molecule has 2 atom stereocenters. The molecular weight excluding hydrogens is 614 g/mol. The molecule has 0 fully saturated rings. The quantitative estimate of drug-likeness (QED) is 0.167. The van der Waals surface area contributed by atoms with Crippen LogP contribution >= 0.6 is 22.7 Å². The maximum Gasteiger partial charge on any atom is 0.128 e. The van der Waals surface area contributed by atoms with Gasteiger partial charge in [-0.15, -0.1) is 0 Å². The molecule has 48 heavy (non-hydrogen) atoms. The second kappa shape index (κ2) is 10.7. The molecule has 2 aromatic heterocycles. The number of rotatable bonds is 4. The number of hydrogen-bond acceptors (Lipinski definition) is 2. The van der Waals surface area contributed by atoms with Crippen LogP contribution in [0.15, 0.2) is 121 Å². The lowest BCUT2D eigenvalue weighted by molar-refractivity contribution is 0.456. The molecule has 0 spiro atoms. The summed E-state index contributed by atoms with van der Waals surface area (Å²) in [6.07, 6.45) is 8.14. The van der Waals surface area contributed by atoms with E-state index in [0.29, 0.717) is 0 Å². The van der Waals surface area contributed by atoms with Crippen molar-refractivity contribution in [3.05, 3.63) is 176 Å². The van der Waals surface area contributed by atoms with E-state index >= 15 is 0 Å². The SMILES string of the molecule is [B]c1cc2c(s1)-c1cc3c(cc1C2(c1ccc(C)cc1)c1ccc(C)cc1)C(c1ccc(C)cc1)(C1C=CC(C)=CC1)c1cc([B])sc1-3. The highest BCUT2D eigenvalue weighted by Crippen LogP contribution is 2.64. The molecule has 0 saturated heterocycles. The average molecular weight is 649 g/mol. The van der Waals surface area contributed by atoms with E-state index in [0.717, 1.165) is 16.0 Å². The molecule has 2 unspecified atom stereocenters. The molecule has 9 rings (SSSR count). The van der Waals surface area contributed by atoms with Crippen molar-refractivity contribution >= 4 is 47.9 Å². The van der Waals surface area contributed by atoms with Gasteiger partial charge in [0.1, 0.15) is 15.7 Å². The molecule has 228 valence electrons. The molecule has 0 bridgehead atoms. The van der Waals surface area contributed by atoms with Gasteiger partial charge in [0.05, 0.1) is 10.8 Å². The number of fused-ring (bicyclic) bond motifs is 6. The molecule has 0 amide bonds. The summed E-state index contributed by atoms with van der Waals surface area (Å²) in [6, 6.07) is 37.2. The Morgan fingerprint density at radius 3 is 1.60 bits per heavy atom. The van der Waals surface area contributed by atoms with Gasteiger partial charge in [0.2, 0.25) is 0 Å². The van der Waals surface area contributed by atoms with E-state index in [9.17, 15) is 0 Å². The Morgan fingerprint density at radius 2 is 1.06 bits per heavy atom. The smallest absolute Gasteiger partial charge is 0.128 e. The van der Waals surface area contributed by atoms with Crippen molar-refractivity contribution in [3.63, 3.8) is 0 Å². The normalized spacial score (nSPS) is 19.8. The van der Waals surface area contributed by atoms with Crippen LogP contribution in [0.3, 0.4) is 0 Å². The number of hydrogen-bond donors (Lipinski definition) is 0. The van der Waals surface area contributed by atoms with E-state index in [4.69, 9.17) is 15.7 Å². The molecule has 4 heteroatoms. The number of aryl methyl sites for hydroxylation is 3. The molecule has 3 aliphatic carbocycles. The van der Waals surface area contributed by atoms with Gasteiger partial charge in [0, 0.05) is 9.75 Å². The first-order chi connectivity index (χ1) is 23.2. The molecule has 3 aliphatic rings. The van der Waals surface area contributed by atoms with E-state index < -0.39 is 10.8 Å². The van der Waals surface area contributed by atoms with Gasteiger partial charge in [-0.3, -0.25) is 0 Å². The van der Waals surface area contributed by atoms with Crippen LogP contribution in [0, 0.1) is 26.7 Å². The maximum atomic E-state index is 6.71. The maximum absolute atomic E-state index is 6.71. The third kappa shape index (κ3) is 4.03. The summed E-state index contributed by atoms with van der Waals surface area (Å²) in [5.74, 6) is 0.232. The van der Waals surface area contributed by atoms with E-state index in [-0.39, 0.29) is 5.92 Å². The fourth-order valence-electron chi connectivity index (χ4n) is 8.88. The van der Waals surface area contributed by atoms with Crippen molar-refractivity contribution in [1.82, 2.24) is 0 Å². The molecule has 0 aliphatic heterocycles. The van der Waals surface area contributed by atoms with Crippen molar-refractivity contribution in [1.29, 1.82) is 0 Å². The third-order valence-electron chi connectivity index (χ3n) is 11.1. The van der Waals surface area contributed by atoms with Crippen molar-refractivity contribution in [3.8, 4) is 20.9 Å². The Kier molecular flexibility index (Phi) is 6.68. The Bertz CT molecular complexity index is 2270. The number of benzene rings is 4. The van der Waals surface area contributed by atoms with Gasteiger partial charge in [-0.25, -0.2) is 0 Å². The van der Waals surface area contributed by atoms with Crippen molar-refractivity contribution < 1.29 is 0 Å². The summed E-state index contributed by atoms with van der Waals surface area (Å²) in [4.78, 5) is 2.56. The van der Waals surface area contributed by atoms with Crippen molar-refractivity contribution in [2.24, 2.45) is 5.92 Å². The molecule has 6 aromatic rings. The minimum atomic E-state index is -0.512. The van der Waals surface area contributed by atoms with Crippen LogP contribution in [0.2, 0.25) is 0 Å². The summed E-state index contributed by atoms with van der Waals surface area (Å²) < 4.78 is 1.71. The summed E-state index contributed by atoms with van der Waals surface area (Å²) >= 11 is 3.44. The first kappa shape index (κ1) is 30.0. The van der Waals surface area contributed by atoms with Gasteiger partial charge in [-0.05, 0) is 106 Å². The van der Waals surface area contributed by atoms with Crippen LogP contribution in [0.4, 0.5) is 0 Å². The van der Waals surface area contributed by atoms with Crippen LogP contribution in [-0.4, -0.2) is 15.7 Å². The minimum Gasteiger partial charge on any atom is -0.152 e. The lowest BCUT2D eigenvalue weighted by atomic mass is 9.61. The number of allylic oxidation sites excluding steroid dienone is 4. The standard InChI is InChI=1S/C44H34B2S2/c1-25-5-13-29(14-6-25)43(30-15-7-26(2)8-16-30)35-22-36-34(21-33(35)41-37(43)23-39(45)47-41)42-38(24-40(46)48-42)44(36,31-17-9-27(3)10-18-31)32-19-11-28(4)12-20-32/h5-19,21-24,32H,20H2,1-4H3. The lowest BCUT2D eigenvalue weighted by Crippen LogP contribution is -2.36. The van der Waals surface area contributed by atoms with Crippen molar-refractivity contribution in [2.75, 3.05) is 0 Å². The predicted molar refractivity (Wildman–Crippen MR) is 207 cm³/mol. The lowest BCUT2D eigenvalue weighted by Gasteiger charge is -2.41. The summed E-state index contributed by atoms with van der Waals surface area (Å²) in [5.41, 5.74) is 15.9. The summed E-state index contributed by atoms with van der Waals surface area (Å²) in [6.45, 7) is 8.71. The largest absolute Gasteiger partial charge is 0.152 e. The van der Waals surface area contributed by atoms with E-state index in [2.05, 4.69) is 143 Å². The molecule has 4 radical (unpaired) electrons. The third-order valence-corrected chi connectivity index (χ3v) is 13.1. The van der Waals surface area contributed by atoms with E-state index in [1.807, 2.05) is 0 Å². The zero-order valence-corrected chi connectivity index (χ0v) is 29.4. The van der Waals surface area contributed by atoms with Gasteiger partial charge in [0.15, 0.2) is 0 Å². The second-order valence-corrected chi connectivity index (χ2v) is 16.2. The summed E-state index contributed by atoms with van der Waals surface area (Å²) in [7, 11) is 13.4. The molecular formula is C44H34B2S2. The van der Waals surface area contributed by atoms with E-state index in [1.165, 1.54) is 82.1 Å². The van der Waals surface area contributed by atoms with E-state index in [1.54, 1.807) is 22.7 Å². The topological polar surface area (TPSA) is 0 Å². The van der Waals surface area contributed by atoms with Crippen molar-refractivity contribution in [2.45, 2.75) is 44.9 Å². The first-order valence-corrected chi connectivity index (χ1v) is 18.4. The fraction of sp³-hybridized carbons (Fsp3) is 0.182. The monoisotopic (exact) mass is 648 g/mol. The van der Waals surface area contributed by atoms with Gasteiger partial charge >= 0.3 is 0 Å². The molecule has 0 saturated carbocycles. The molecule has 2 heterocycles. The van der Waals surface area contributed by atoms with Crippen LogP contribution in [0.5, 0.6) is 0 Å². The Morgan fingerprint density at radius 1 is 0.562 bits per heavy atom. The van der Waals surface area contributed by atoms with Crippen LogP contribution < -0.4 is 9.55 Å². The van der Waals surface area contributed by atoms with Crippen LogP contribution in [0.1, 0.15) is 69.0 Å². The highest BCUT2D eigenvalue weighted by Gasteiger charge is 2.54. The highest BCUT2D eigenvalue weighted by atomic mass is 32.1. The predicted octanol–water partition coefficient (Wildman–Crippen LogP) is 9.52. The van der Waals surface area contributed by atoms with Crippen LogP contribution in [-0.2, 0) is 10.8 Å². The zero-order valence-electron chi connectivity index (χ0n) is 27.7. The first-order valence-electron chi connectivity index (χ1n) is 16.8. The fourth-order valence-corrected chi connectivity index (χ4v) is 10.9. The second-order valence-electron chi connectivity index (χ2n) is 14.0. The molecule has 4 aromatic carbocycles. The van der Waals surface area contributed by atoms with Gasteiger partial charge < -0.3 is 0 Å². The summed E-state index contributed by atoms with van der Waals surface area (Å²) in [5, 5.41) is 0. The molecule has 0 nitrogen and oxygen atoms in total. The highest BCUT2D eigenvalue weighted by molar-refractivity contribution is 7.24. The zero-order chi connectivity index (χ0) is 32.9. The molecule has 0 N–H and O–H groups in total. The number of thiophene rings is 2. The van der Waals surface area contributed by atoms with Crippen LogP contribution in [0.25, 0.3) is 20.9 Å².